The summed E-state index contributed by atoms with van der Waals surface area (Å²) in [4.78, 5) is 13.1. The predicted octanol–water partition coefficient (Wildman–Crippen LogP) is 4.73. The van der Waals surface area contributed by atoms with E-state index in [2.05, 4.69) is 10.5 Å². The van der Waals surface area contributed by atoms with E-state index < -0.39 is 16.9 Å². The molecule has 25 heavy (non-hydrogen) atoms. The lowest BCUT2D eigenvalue weighted by Crippen LogP contribution is -2.19. The fourth-order valence-corrected chi connectivity index (χ4v) is 3.25. The molecule has 1 N–H and O–H groups in total. The molecule has 2 aromatic carbocycles. The molecule has 128 valence electrons. The molecule has 1 amide bonds. The molecule has 7 heteroatoms. The molecule has 0 aliphatic rings. The van der Waals surface area contributed by atoms with Gasteiger partial charge >= 0.3 is 0 Å². The van der Waals surface area contributed by atoms with Crippen molar-refractivity contribution in [2.24, 2.45) is 0 Å². The van der Waals surface area contributed by atoms with Gasteiger partial charge in [0.15, 0.2) is 17.5 Å². The lowest BCUT2D eigenvalue weighted by Gasteiger charge is -2.16. The summed E-state index contributed by atoms with van der Waals surface area (Å²) < 4.78 is 31.5. The lowest BCUT2D eigenvalue weighted by atomic mass is 10.1. The van der Waals surface area contributed by atoms with Crippen LogP contribution in [0, 0.1) is 18.6 Å². The number of hydrogen-bond acceptors (Lipinski definition) is 4. The van der Waals surface area contributed by atoms with Crippen LogP contribution in [0.2, 0.25) is 0 Å². The molecular formula is C18H14F2N2O2S. The second kappa shape index (κ2) is 7.48. The Morgan fingerprint density at radius 2 is 1.88 bits per heavy atom. The highest BCUT2D eigenvalue weighted by molar-refractivity contribution is 8.00. The van der Waals surface area contributed by atoms with Crippen LogP contribution in [0.1, 0.15) is 16.6 Å². The van der Waals surface area contributed by atoms with E-state index in [1.54, 1.807) is 25.1 Å². The fraction of sp³-hybridized carbons (Fsp3) is 0.111. The number of aromatic nitrogens is 1. The van der Waals surface area contributed by atoms with Crippen LogP contribution in [0.3, 0.4) is 0 Å². The van der Waals surface area contributed by atoms with Gasteiger partial charge < -0.3 is 9.84 Å². The molecule has 0 saturated heterocycles. The normalized spacial score (nSPS) is 12.0. The molecule has 1 atom stereocenters. The van der Waals surface area contributed by atoms with Crippen LogP contribution in [0.15, 0.2) is 64.0 Å². The topological polar surface area (TPSA) is 55.1 Å². The van der Waals surface area contributed by atoms with Crippen LogP contribution < -0.4 is 5.32 Å². The van der Waals surface area contributed by atoms with Gasteiger partial charge in [-0.05, 0) is 30.7 Å². The van der Waals surface area contributed by atoms with Crippen LogP contribution in [-0.2, 0) is 4.79 Å². The Morgan fingerprint density at radius 1 is 1.12 bits per heavy atom. The molecule has 3 aromatic rings. The van der Waals surface area contributed by atoms with E-state index in [0.717, 1.165) is 29.5 Å². The zero-order valence-electron chi connectivity index (χ0n) is 13.2. The maximum Gasteiger partial charge on any atom is 0.243 e. The van der Waals surface area contributed by atoms with Crippen molar-refractivity contribution in [3.63, 3.8) is 0 Å². The Labute approximate surface area is 147 Å². The first-order valence-electron chi connectivity index (χ1n) is 7.44. The molecule has 0 bridgehead atoms. The molecule has 0 unspecified atom stereocenters. The van der Waals surface area contributed by atoms with Gasteiger partial charge in [0, 0.05) is 11.0 Å². The summed E-state index contributed by atoms with van der Waals surface area (Å²) in [5.41, 5.74) is 0.731. The monoisotopic (exact) mass is 360 g/mol. The summed E-state index contributed by atoms with van der Waals surface area (Å²) in [5, 5.41) is 5.75. The Bertz CT molecular complexity index is 884. The number of halogens is 2. The summed E-state index contributed by atoms with van der Waals surface area (Å²) in [6.45, 7) is 1.72. The number of benzene rings is 2. The molecule has 0 aliphatic heterocycles. The van der Waals surface area contributed by atoms with Gasteiger partial charge in [0.05, 0.1) is 0 Å². The van der Waals surface area contributed by atoms with E-state index in [0.29, 0.717) is 16.5 Å². The number of nitrogens with one attached hydrogen (secondary N) is 1. The number of nitrogens with zero attached hydrogens (tertiary/aromatic N) is 1. The standard InChI is InChI=1S/C18H14F2N2O2S/c1-11-9-16(22-24-11)21-18(23)17(12-5-3-2-4-6-12)25-13-7-8-14(19)15(20)10-13/h2-10,17H,1H3,(H,21,22,23)/t17-/m1/s1. The summed E-state index contributed by atoms with van der Waals surface area (Å²) in [5.74, 6) is -1.35. The van der Waals surface area contributed by atoms with Crippen molar-refractivity contribution < 1.29 is 18.1 Å². The quantitative estimate of drug-likeness (QED) is 0.668. The maximum absolute atomic E-state index is 13.5. The van der Waals surface area contributed by atoms with Gasteiger partial charge in [-0.25, -0.2) is 8.78 Å². The van der Waals surface area contributed by atoms with Gasteiger partial charge in [0.1, 0.15) is 11.0 Å². The summed E-state index contributed by atoms with van der Waals surface area (Å²) >= 11 is 1.12. The Hall–Kier alpha value is -2.67. The van der Waals surface area contributed by atoms with E-state index >= 15 is 0 Å². The average Bonchev–Trinajstić information content (AvgIpc) is 3.01. The van der Waals surface area contributed by atoms with Crippen LogP contribution >= 0.6 is 11.8 Å². The third kappa shape index (κ3) is 4.24. The lowest BCUT2D eigenvalue weighted by molar-refractivity contribution is -0.115. The molecule has 1 aromatic heterocycles. The first-order chi connectivity index (χ1) is 12.0. The van der Waals surface area contributed by atoms with Crippen molar-refractivity contribution in [2.45, 2.75) is 17.1 Å². The van der Waals surface area contributed by atoms with Crippen molar-refractivity contribution in [1.82, 2.24) is 5.16 Å². The minimum Gasteiger partial charge on any atom is -0.360 e. The molecule has 3 rings (SSSR count). The minimum atomic E-state index is -0.954. The van der Waals surface area contributed by atoms with E-state index in [-0.39, 0.29) is 5.91 Å². The van der Waals surface area contributed by atoms with Crippen molar-refractivity contribution in [3.05, 3.63) is 77.6 Å². The van der Waals surface area contributed by atoms with E-state index in [1.807, 2.05) is 18.2 Å². The Balaban J connectivity index is 1.86. The zero-order valence-corrected chi connectivity index (χ0v) is 14.0. The van der Waals surface area contributed by atoms with Gasteiger partial charge in [-0.15, -0.1) is 11.8 Å². The number of amides is 1. The number of thioether (sulfide) groups is 1. The Kier molecular flexibility index (Phi) is 5.14. The summed E-state index contributed by atoms with van der Waals surface area (Å²) in [6, 6.07) is 14.2. The smallest absolute Gasteiger partial charge is 0.243 e. The van der Waals surface area contributed by atoms with Gasteiger partial charge in [-0.2, -0.15) is 0 Å². The highest BCUT2D eigenvalue weighted by atomic mass is 32.2. The molecule has 0 spiro atoms. The molecule has 0 saturated carbocycles. The zero-order chi connectivity index (χ0) is 17.8. The van der Waals surface area contributed by atoms with Gasteiger partial charge in [-0.3, -0.25) is 4.79 Å². The number of aryl methyl sites for hydroxylation is 1. The van der Waals surface area contributed by atoms with Crippen LogP contribution in [0.25, 0.3) is 0 Å². The first-order valence-corrected chi connectivity index (χ1v) is 8.32. The van der Waals surface area contributed by atoms with Crippen LogP contribution in [0.4, 0.5) is 14.6 Å². The molecular weight excluding hydrogens is 346 g/mol. The third-order valence-electron chi connectivity index (χ3n) is 3.36. The first kappa shape index (κ1) is 17.2. The molecule has 0 aliphatic carbocycles. The largest absolute Gasteiger partial charge is 0.360 e. The Morgan fingerprint density at radius 3 is 2.52 bits per heavy atom. The number of anilines is 1. The van der Waals surface area contributed by atoms with Crippen LogP contribution in [0.5, 0.6) is 0 Å². The van der Waals surface area contributed by atoms with E-state index in [4.69, 9.17) is 4.52 Å². The second-order valence-electron chi connectivity index (χ2n) is 5.30. The highest BCUT2D eigenvalue weighted by Crippen LogP contribution is 2.36. The number of carbonyl (C=O) groups is 1. The minimum absolute atomic E-state index is 0.300. The summed E-state index contributed by atoms with van der Waals surface area (Å²) in [7, 11) is 0. The highest BCUT2D eigenvalue weighted by Gasteiger charge is 2.23. The number of rotatable bonds is 5. The average molecular weight is 360 g/mol. The predicted molar refractivity (Wildman–Crippen MR) is 91.3 cm³/mol. The molecule has 4 nitrogen and oxygen atoms in total. The van der Waals surface area contributed by atoms with Crippen LogP contribution in [-0.4, -0.2) is 11.1 Å². The van der Waals surface area contributed by atoms with Crippen molar-refractivity contribution in [3.8, 4) is 0 Å². The molecule has 0 fully saturated rings. The van der Waals surface area contributed by atoms with Crippen molar-refractivity contribution >= 4 is 23.5 Å². The molecule has 1 heterocycles. The van der Waals surface area contributed by atoms with E-state index in [9.17, 15) is 13.6 Å². The molecule has 0 radical (unpaired) electrons. The third-order valence-corrected chi connectivity index (χ3v) is 4.61. The van der Waals surface area contributed by atoms with Crippen molar-refractivity contribution in [2.75, 3.05) is 5.32 Å². The van der Waals surface area contributed by atoms with Gasteiger partial charge in [-0.1, -0.05) is 35.5 Å². The van der Waals surface area contributed by atoms with Gasteiger partial charge in [0.25, 0.3) is 0 Å². The van der Waals surface area contributed by atoms with Gasteiger partial charge in [0.2, 0.25) is 5.91 Å². The second-order valence-corrected chi connectivity index (χ2v) is 6.48. The summed E-state index contributed by atoms with van der Waals surface area (Å²) in [6.07, 6.45) is 0. The van der Waals surface area contributed by atoms with Crippen molar-refractivity contribution in [1.29, 1.82) is 0 Å². The maximum atomic E-state index is 13.5. The van der Waals surface area contributed by atoms with E-state index in [1.165, 1.54) is 6.07 Å². The number of carbonyl (C=O) groups excluding carboxylic acids is 1. The SMILES string of the molecule is Cc1cc(NC(=O)[C@H](Sc2ccc(F)c(F)c2)c2ccccc2)no1. The fourth-order valence-electron chi connectivity index (χ4n) is 2.20. The number of hydrogen-bond donors (Lipinski definition) is 1.